The summed E-state index contributed by atoms with van der Waals surface area (Å²) in [6.07, 6.45) is 0.421. The van der Waals surface area contributed by atoms with Gasteiger partial charge in [-0.3, -0.25) is 14.6 Å². The lowest BCUT2D eigenvalue weighted by molar-refractivity contribution is -0.137. The van der Waals surface area contributed by atoms with Crippen molar-refractivity contribution in [2.24, 2.45) is 4.99 Å². The number of carbonyl (C=O) groups excluding carboxylic acids is 1. The zero-order chi connectivity index (χ0) is 28.9. The zero-order valence-electron chi connectivity index (χ0n) is 22.4. The minimum atomic E-state index is -3.46. The molecular formula is C30H32BrN3O5S. The number of rotatable bonds is 12. The quantitative estimate of drug-likeness (QED) is 0.259. The first-order valence-corrected chi connectivity index (χ1v) is 15.6. The highest BCUT2D eigenvalue weighted by molar-refractivity contribution is 9.10. The lowest BCUT2D eigenvalue weighted by Crippen LogP contribution is -2.29. The van der Waals surface area contributed by atoms with E-state index >= 15 is 0 Å². The molecule has 1 aliphatic heterocycles. The predicted molar refractivity (Wildman–Crippen MR) is 160 cm³/mol. The van der Waals surface area contributed by atoms with Gasteiger partial charge in [0.05, 0.1) is 22.0 Å². The second-order valence-electron chi connectivity index (χ2n) is 9.58. The van der Waals surface area contributed by atoms with E-state index in [0.29, 0.717) is 35.6 Å². The molecule has 3 aromatic carbocycles. The van der Waals surface area contributed by atoms with Crippen molar-refractivity contribution >= 4 is 54.7 Å². The molecule has 40 heavy (non-hydrogen) atoms. The van der Waals surface area contributed by atoms with Gasteiger partial charge in [0.15, 0.2) is 9.84 Å². The number of halogens is 1. The van der Waals surface area contributed by atoms with Gasteiger partial charge in [-0.1, -0.05) is 60.1 Å². The molecule has 0 aromatic heterocycles. The lowest BCUT2D eigenvalue weighted by Gasteiger charge is -2.17. The summed E-state index contributed by atoms with van der Waals surface area (Å²) < 4.78 is 26.7. The first kappa shape index (κ1) is 29.6. The summed E-state index contributed by atoms with van der Waals surface area (Å²) in [7, 11) is -3.46. The number of amides is 1. The van der Waals surface area contributed by atoms with E-state index in [1.165, 1.54) is 0 Å². The Labute approximate surface area is 243 Å². The van der Waals surface area contributed by atoms with Crippen molar-refractivity contribution in [3.63, 3.8) is 0 Å². The average molecular weight is 627 g/mol. The highest BCUT2D eigenvalue weighted by Crippen LogP contribution is 2.38. The summed E-state index contributed by atoms with van der Waals surface area (Å²) in [6, 6.07) is 19.4. The minimum Gasteiger partial charge on any atom is -0.481 e. The number of carbonyl (C=O) groups is 2. The van der Waals surface area contributed by atoms with Crippen LogP contribution in [0.25, 0.3) is 0 Å². The third-order valence-electron chi connectivity index (χ3n) is 7.01. The molecule has 1 heterocycles. The van der Waals surface area contributed by atoms with E-state index in [2.05, 4.69) is 26.1 Å². The predicted octanol–water partition coefficient (Wildman–Crippen LogP) is 5.44. The Balaban J connectivity index is 1.69. The van der Waals surface area contributed by atoms with Gasteiger partial charge in [0.25, 0.3) is 0 Å². The number of nitrogens with one attached hydrogen (secondary N) is 1. The number of sulfone groups is 1. The molecule has 1 aliphatic rings. The first-order valence-electron chi connectivity index (χ1n) is 13.2. The van der Waals surface area contributed by atoms with Crippen LogP contribution < -0.4 is 5.32 Å². The Morgan fingerprint density at radius 1 is 1.02 bits per heavy atom. The fourth-order valence-electron chi connectivity index (χ4n) is 4.67. The zero-order valence-corrected chi connectivity index (χ0v) is 24.8. The maximum Gasteiger partial charge on any atom is 0.303 e. The fraction of sp³-hybridized carbons (Fsp3) is 0.300. The molecule has 0 fully saturated rings. The van der Waals surface area contributed by atoms with Gasteiger partial charge < -0.3 is 15.3 Å². The molecule has 210 valence electrons. The van der Waals surface area contributed by atoms with Crippen LogP contribution in [0.4, 0.5) is 11.4 Å². The number of carboxylic acids is 1. The third-order valence-corrected chi connectivity index (χ3v) is 9.22. The molecule has 0 spiro atoms. The SMILES string of the molecule is CCN(CC)CCS(=O)(=O)c1ccc(N=C(c2ccc(CCC(=O)O)cc2)C2C(=O)Nc3cc(Br)ccc32)cc1. The minimum absolute atomic E-state index is 0.0255. The topological polar surface area (TPSA) is 116 Å². The second kappa shape index (κ2) is 12.9. The smallest absolute Gasteiger partial charge is 0.303 e. The van der Waals surface area contributed by atoms with Crippen LogP contribution in [0.15, 0.2) is 81.1 Å². The lowest BCUT2D eigenvalue weighted by atomic mass is 9.90. The number of aliphatic carboxylic acids is 1. The molecule has 0 saturated carbocycles. The normalized spacial score (nSPS) is 15.2. The van der Waals surface area contributed by atoms with Gasteiger partial charge in [-0.25, -0.2) is 8.42 Å². The van der Waals surface area contributed by atoms with Crippen LogP contribution in [0.1, 0.15) is 42.9 Å². The summed E-state index contributed by atoms with van der Waals surface area (Å²) in [5.74, 6) is -1.72. The van der Waals surface area contributed by atoms with Crippen molar-refractivity contribution in [1.29, 1.82) is 0 Å². The molecule has 8 nitrogen and oxygen atoms in total. The van der Waals surface area contributed by atoms with E-state index in [-0.39, 0.29) is 23.0 Å². The second-order valence-corrected chi connectivity index (χ2v) is 12.6. The van der Waals surface area contributed by atoms with Gasteiger partial charge in [-0.05, 0) is 72.6 Å². The van der Waals surface area contributed by atoms with Gasteiger partial charge in [0.2, 0.25) is 5.91 Å². The van der Waals surface area contributed by atoms with Gasteiger partial charge >= 0.3 is 5.97 Å². The molecule has 1 amide bonds. The van der Waals surface area contributed by atoms with Crippen molar-refractivity contribution in [2.75, 3.05) is 30.7 Å². The van der Waals surface area contributed by atoms with Crippen molar-refractivity contribution in [1.82, 2.24) is 4.90 Å². The van der Waals surface area contributed by atoms with E-state index in [4.69, 9.17) is 10.1 Å². The molecule has 0 radical (unpaired) electrons. The van der Waals surface area contributed by atoms with Gasteiger partial charge in [0.1, 0.15) is 5.92 Å². The average Bonchev–Trinajstić information content (AvgIpc) is 3.26. The van der Waals surface area contributed by atoms with Gasteiger partial charge in [-0.15, -0.1) is 0 Å². The molecule has 4 rings (SSSR count). The molecule has 1 atom stereocenters. The number of fused-ring (bicyclic) bond motifs is 1. The maximum absolute atomic E-state index is 13.2. The maximum atomic E-state index is 13.2. The number of anilines is 1. The van der Waals surface area contributed by atoms with Gasteiger partial charge in [-0.2, -0.15) is 0 Å². The summed E-state index contributed by atoms with van der Waals surface area (Å²) in [5, 5.41) is 11.9. The van der Waals surface area contributed by atoms with Crippen LogP contribution in [0.5, 0.6) is 0 Å². The molecule has 0 bridgehead atoms. The van der Waals surface area contributed by atoms with Crippen LogP contribution in [-0.2, 0) is 25.8 Å². The van der Waals surface area contributed by atoms with Crippen molar-refractivity contribution in [3.8, 4) is 0 Å². The summed E-state index contributed by atoms with van der Waals surface area (Å²) in [4.78, 5) is 31.3. The molecular weight excluding hydrogens is 594 g/mol. The number of benzene rings is 3. The molecule has 1 unspecified atom stereocenters. The van der Waals surface area contributed by atoms with Gasteiger partial charge in [0, 0.05) is 23.1 Å². The van der Waals surface area contributed by atoms with Crippen LogP contribution in [0.2, 0.25) is 0 Å². The first-order chi connectivity index (χ1) is 19.1. The third kappa shape index (κ3) is 7.04. The molecule has 3 aromatic rings. The molecule has 0 saturated heterocycles. The number of nitrogens with zero attached hydrogens (tertiary/aromatic N) is 2. The Kier molecular flexibility index (Phi) is 9.55. The number of aryl methyl sites for hydroxylation is 1. The van der Waals surface area contributed by atoms with Crippen LogP contribution >= 0.6 is 15.9 Å². The van der Waals surface area contributed by atoms with E-state index < -0.39 is 21.7 Å². The Morgan fingerprint density at radius 2 is 1.70 bits per heavy atom. The summed E-state index contributed by atoms with van der Waals surface area (Å²) in [5.41, 5.74) is 4.10. The molecule has 10 heteroatoms. The Hall–Kier alpha value is -3.34. The fourth-order valence-corrected chi connectivity index (χ4v) is 6.32. The Bertz CT molecular complexity index is 1520. The van der Waals surface area contributed by atoms with E-state index in [9.17, 15) is 18.0 Å². The number of hydrogen-bond donors (Lipinski definition) is 2. The van der Waals surface area contributed by atoms with Crippen LogP contribution in [0, 0.1) is 0 Å². The number of hydrogen-bond acceptors (Lipinski definition) is 6. The molecule has 0 aliphatic carbocycles. The van der Waals surface area contributed by atoms with E-state index in [0.717, 1.165) is 28.7 Å². The largest absolute Gasteiger partial charge is 0.481 e. The van der Waals surface area contributed by atoms with E-state index in [1.807, 2.05) is 56.3 Å². The van der Waals surface area contributed by atoms with Crippen molar-refractivity contribution in [3.05, 3.63) is 87.9 Å². The van der Waals surface area contributed by atoms with Crippen molar-refractivity contribution in [2.45, 2.75) is 37.5 Å². The Morgan fingerprint density at radius 3 is 2.33 bits per heavy atom. The summed E-state index contributed by atoms with van der Waals surface area (Å²) >= 11 is 3.45. The standard InChI is InChI=1S/C30H32BrN3O5S/c1-3-34(4-2)17-18-40(38,39)24-13-11-23(12-14-24)32-29(21-8-5-20(6-9-21)7-16-27(35)36)28-25-15-10-22(31)19-26(25)33-30(28)37/h5-6,8-15,19,28H,3-4,7,16-18H2,1-2H3,(H,33,37)(H,35,36). The van der Waals surface area contributed by atoms with Crippen LogP contribution in [0.3, 0.4) is 0 Å². The number of carboxylic acid groups (broad SMARTS) is 1. The monoisotopic (exact) mass is 625 g/mol. The highest BCUT2D eigenvalue weighted by atomic mass is 79.9. The van der Waals surface area contributed by atoms with Crippen LogP contribution in [-0.4, -0.2) is 61.4 Å². The number of aliphatic imine (C=N–C) groups is 1. The van der Waals surface area contributed by atoms with Crippen molar-refractivity contribution < 1.29 is 23.1 Å². The highest BCUT2D eigenvalue weighted by Gasteiger charge is 2.35. The van der Waals surface area contributed by atoms with E-state index in [1.54, 1.807) is 24.3 Å². The summed E-state index contributed by atoms with van der Waals surface area (Å²) in [6.45, 7) is 6.06. The molecule has 2 N–H and O–H groups in total.